The van der Waals surface area contributed by atoms with E-state index in [1.165, 1.54) is 4.90 Å². The van der Waals surface area contributed by atoms with Gasteiger partial charge in [-0.3, -0.25) is 9.59 Å². The number of Topliss-reactive ketones (excluding diaryl/α,β-unsaturated/α-hetero) is 1. The lowest BCUT2D eigenvalue weighted by molar-refractivity contribution is -0.135. The lowest BCUT2D eigenvalue weighted by atomic mass is 10.1. The monoisotopic (exact) mass is 184 g/mol. The molecule has 0 aromatic heterocycles. The summed E-state index contributed by atoms with van der Waals surface area (Å²) in [4.78, 5) is 24.1. The predicted octanol–water partition coefficient (Wildman–Crippen LogP) is -0.229. The normalized spacial score (nSPS) is 27.8. The Morgan fingerprint density at radius 1 is 1.69 bits per heavy atom. The maximum atomic E-state index is 11.4. The highest BCUT2D eigenvalue weighted by Crippen LogP contribution is 2.24. The molecule has 2 unspecified atom stereocenters. The molecule has 74 valence electrons. The van der Waals surface area contributed by atoms with E-state index in [1.807, 2.05) is 6.92 Å². The number of amides is 1. The van der Waals surface area contributed by atoms with Crippen LogP contribution in [-0.4, -0.2) is 36.2 Å². The molecule has 1 rings (SSSR count). The van der Waals surface area contributed by atoms with Crippen LogP contribution in [0, 0.1) is 5.92 Å². The minimum atomic E-state index is -0.231. The molecule has 0 spiro atoms. The average molecular weight is 184 g/mol. The van der Waals surface area contributed by atoms with Crippen molar-refractivity contribution in [3.05, 3.63) is 0 Å². The van der Waals surface area contributed by atoms with Crippen molar-refractivity contribution < 1.29 is 9.59 Å². The van der Waals surface area contributed by atoms with Gasteiger partial charge >= 0.3 is 0 Å². The number of rotatable bonds is 2. The lowest BCUT2D eigenvalue weighted by Crippen LogP contribution is -2.42. The first kappa shape index (κ1) is 10.2. The van der Waals surface area contributed by atoms with Gasteiger partial charge in [-0.1, -0.05) is 6.92 Å². The molecule has 0 saturated heterocycles. The Bertz CT molecular complexity index is 228. The number of carbonyl (C=O) groups excluding carboxylic acids is 2. The first-order chi connectivity index (χ1) is 6.06. The van der Waals surface area contributed by atoms with Crippen molar-refractivity contribution in [1.82, 2.24) is 4.90 Å². The molecule has 2 N–H and O–H groups in total. The van der Waals surface area contributed by atoms with Crippen LogP contribution >= 0.6 is 0 Å². The van der Waals surface area contributed by atoms with Gasteiger partial charge in [0.1, 0.15) is 0 Å². The molecule has 4 heteroatoms. The van der Waals surface area contributed by atoms with Crippen molar-refractivity contribution >= 4 is 11.7 Å². The van der Waals surface area contributed by atoms with Crippen molar-refractivity contribution in [2.45, 2.75) is 25.8 Å². The smallest absolute Gasteiger partial charge is 0.236 e. The molecule has 1 aliphatic rings. The highest BCUT2D eigenvalue weighted by molar-refractivity contribution is 5.91. The number of ketones is 1. The first-order valence-corrected chi connectivity index (χ1v) is 4.54. The maximum absolute atomic E-state index is 11.4. The number of hydrogen-bond donors (Lipinski definition) is 1. The zero-order valence-electron chi connectivity index (χ0n) is 8.12. The number of hydrogen-bond acceptors (Lipinski definition) is 3. The van der Waals surface area contributed by atoms with Crippen molar-refractivity contribution in [2.24, 2.45) is 11.7 Å². The van der Waals surface area contributed by atoms with E-state index in [2.05, 4.69) is 0 Å². The van der Waals surface area contributed by atoms with Gasteiger partial charge in [-0.15, -0.1) is 0 Å². The van der Waals surface area contributed by atoms with E-state index in [1.54, 1.807) is 7.05 Å². The van der Waals surface area contributed by atoms with E-state index >= 15 is 0 Å². The van der Waals surface area contributed by atoms with Gasteiger partial charge in [0.05, 0.1) is 12.6 Å². The van der Waals surface area contributed by atoms with Crippen molar-refractivity contribution in [2.75, 3.05) is 13.6 Å². The summed E-state index contributed by atoms with van der Waals surface area (Å²) in [6.07, 6.45) is 1.37. The van der Waals surface area contributed by atoms with Gasteiger partial charge in [0.25, 0.3) is 0 Å². The number of likely N-dealkylation sites (N-methyl/N-ethyl adjacent to an activating group) is 1. The summed E-state index contributed by atoms with van der Waals surface area (Å²) in [5.74, 6) is 0.398. The van der Waals surface area contributed by atoms with Gasteiger partial charge in [-0.25, -0.2) is 0 Å². The van der Waals surface area contributed by atoms with Crippen LogP contribution in [0.5, 0.6) is 0 Å². The van der Waals surface area contributed by atoms with E-state index in [-0.39, 0.29) is 24.3 Å². The molecule has 0 radical (unpaired) electrons. The number of carbonyl (C=O) groups is 2. The van der Waals surface area contributed by atoms with Gasteiger partial charge in [0, 0.05) is 13.5 Å². The van der Waals surface area contributed by atoms with Gasteiger partial charge in [0.15, 0.2) is 5.78 Å². The summed E-state index contributed by atoms with van der Waals surface area (Å²) in [5, 5.41) is 0. The minimum absolute atomic E-state index is 0.0192. The summed E-state index contributed by atoms with van der Waals surface area (Å²) >= 11 is 0. The standard InChI is InChI=1S/C9H16N2O2/c1-6-3-7(8(12)4-6)11(2)9(13)5-10/h6-7H,3-5,10H2,1-2H3. The molecule has 13 heavy (non-hydrogen) atoms. The van der Waals surface area contributed by atoms with E-state index in [0.717, 1.165) is 6.42 Å². The Hall–Kier alpha value is -0.900. The quantitative estimate of drug-likeness (QED) is 0.645. The van der Waals surface area contributed by atoms with Crippen LogP contribution in [0.1, 0.15) is 19.8 Å². The largest absolute Gasteiger partial charge is 0.335 e. The predicted molar refractivity (Wildman–Crippen MR) is 49.0 cm³/mol. The molecule has 0 bridgehead atoms. The first-order valence-electron chi connectivity index (χ1n) is 4.54. The second-order valence-corrected chi connectivity index (χ2v) is 3.74. The topological polar surface area (TPSA) is 63.4 Å². The molecule has 0 aromatic rings. The molecule has 1 fully saturated rings. The Morgan fingerprint density at radius 2 is 2.31 bits per heavy atom. The third-order valence-corrected chi connectivity index (χ3v) is 2.58. The highest BCUT2D eigenvalue weighted by Gasteiger charge is 2.34. The van der Waals surface area contributed by atoms with E-state index in [4.69, 9.17) is 5.73 Å². The minimum Gasteiger partial charge on any atom is -0.335 e. The molecule has 1 amide bonds. The Morgan fingerprint density at radius 3 is 2.69 bits per heavy atom. The second-order valence-electron chi connectivity index (χ2n) is 3.74. The van der Waals surface area contributed by atoms with Crippen LogP contribution < -0.4 is 5.73 Å². The Labute approximate surface area is 78.1 Å². The fraction of sp³-hybridized carbons (Fsp3) is 0.778. The van der Waals surface area contributed by atoms with E-state index < -0.39 is 0 Å². The SMILES string of the molecule is CC1CC(=O)C(N(C)C(=O)CN)C1. The van der Waals surface area contributed by atoms with Gasteiger partial charge in [-0.05, 0) is 12.3 Å². The average Bonchev–Trinajstić information content (AvgIpc) is 2.42. The Balaban J connectivity index is 2.62. The van der Waals surface area contributed by atoms with Crippen LogP contribution in [0.15, 0.2) is 0 Å². The second kappa shape index (κ2) is 3.87. The van der Waals surface area contributed by atoms with Gasteiger partial charge < -0.3 is 10.6 Å². The summed E-state index contributed by atoms with van der Waals surface area (Å²) in [7, 11) is 1.65. The van der Waals surface area contributed by atoms with Crippen LogP contribution in [0.2, 0.25) is 0 Å². The van der Waals surface area contributed by atoms with Crippen molar-refractivity contribution in [3.8, 4) is 0 Å². The zero-order valence-corrected chi connectivity index (χ0v) is 8.12. The molecular formula is C9H16N2O2. The fourth-order valence-electron chi connectivity index (χ4n) is 1.77. The molecule has 0 aliphatic heterocycles. The lowest BCUT2D eigenvalue weighted by Gasteiger charge is -2.22. The third kappa shape index (κ3) is 2.06. The maximum Gasteiger partial charge on any atom is 0.236 e. The molecular weight excluding hydrogens is 168 g/mol. The van der Waals surface area contributed by atoms with Gasteiger partial charge in [0.2, 0.25) is 5.91 Å². The molecule has 2 atom stereocenters. The van der Waals surface area contributed by atoms with Crippen LogP contribution in [0.25, 0.3) is 0 Å². The van der Waals surface area contributed by atoms with E-state index in [0.29, 0.717) is 12.3 Å². The van der Waals surface area contributed by atoms with Gasteiger partial charge in [-0.2, -0.15) is 0 Å². The van der Waals surface area contributed by atoms with Crippen molar-refractivity contribution in [3.63, 3.8) is 0 Å². The third-order valence-electron chi connectivity index (χ3n) is 2.58. The molecule has 0 heterocycles. The van der Waals surface area contributed by atoms with Crippen LogP contribution in [0.4, 0.5) is 0 Å². The Kier molecular flexibility index (Phi) is 3.03. The summed E-state index contributed by atoms with van der Waals surface area (Å²) < 4.78 is 0. The summed E-state index contributed by atoms with van der Waals surface area (Å²) in [6, 6.07) is -0.231. The van der Waals surface area contributed by atoms with Crippen molar-refractivity contribution in [1.29, 1.82) is 0 Å². The highest BCUT2D eigenvalue weighted by atomic mass is 16.2. The fourth-order valence-corrected chi connectivity index (χ4v) is 1.77. The number of nitrogens with two attached hydrogens (primary N) is 1. The van der Waals surface area contributed by atoms with Crippen LogP contribution in [0.3, 0.4) is 0 Å². The summed E-state index contributed by atoms with van der Waals surface area (Å²) in [6.45, 7) is 2.01. The molecule has 1 saturated carbocycles. The summed E-state index contributed by atoms with van der Waals surface area (Å²) in [5.41, 5.74) is 5.22. The van der Waals surface area contributed by atoms with E-state index in [9.17, 15) is 9.59 Å². The number of nitrogens with zero attached hydrogens (tertiary/aromatic N) is 1. The van der Waals surface area contributed by atoms with Crippen LogP contribution in [-0.2, 0) is 9.59 Å². The molecule has 1 aliphatic carbocycles. The molecule has 4 nitrogen and oxygen atoms in total. The molecule has 0 aromatic carbocycles. The zero-order chi connectivity index (χ0) is 10.0.